The van der Waals surface area contributed by atoms with E-state index in [0.29, 0.717) is 5.56 Å². The highest BCUT2D eigenvalue weighted by Crippen LogP contribution is 2.43. The van der Waals surface area contributed by atoms with Crippen molar-refractivity contribution in [2.75, 3.05) is 10.2 Å². The Bertz CT molecular complexity index is 807. The van der Waals surface area contributed by atoms with Crippen molar-refractivity contribution in [1.29, 1.82) is 5.26 Å². The van der Waals surface area contributed by atoms with Crippen LogP contribution in [0.25, 0.3) is 0 Å². The van der Waals surface area contributed by atoms with E-state index >= 15 is 0 Å². The van der Waals surface area contributed by atoms with Crippen molar-refractivity contribution < 1.29 is 4.79 Å². The second-order valence-corrected chi connectivity index (χ2v) is 6.59. The molecule has 0 bridgehead atoms. The van der Waals surface area contributed by atoms with Crippen molar-refractivity contribution in [3.8, 4) is 6.07 Å². The van der Waals surface area contributed by atoms with Crippen molar-refractivity contribution in [2.45, 2.75) is 39.3 Å². The van der Waals surface area contributed by atoms with E-state index in [-0.39, 0.29) is 23.9 Å². The van der Waals surface area contributed by atoms with Gasteiger partial charge in [-0.15, -0.1) is 0 Å². The van der Waals surface area contributed by atoms with Crippen LogP contribution in [0.3, 0.4) is 0 Å². The van der Waals surface area contributed by atoms with Crippen LogP contribution in [0.15, 0.2) is 48.5 Å². The maximum Gasteiger partial charge on any atom is 0.224 e. The third kappa shape index (κ3) is 3.10. The molecule has 0 radical (unpaired) electrons. The molecule has 1 heterocycles. The standard InChI is InChI=1S/C21H23N3O/c1-4-19-14(2)21(23-17-11-9-16(13-22)10-12-17)18-7-5-6-8-20(18)24(19)15(3)25/h5-12,14,19,21,23H,4H2,1-3H3/t14-,19-,21+/m0/s1. The highest BCUT2D eigenvalue weighted by atomic mass is 16.2. The number of rotatable bonds is 3. The first-order chi connectivity index (χ1) is 12.1. The van der Waals surface area contributed by atoms with Crippen LogP contribution in [0.2, 0.25) is 0 Å². The zero-order valence-electron chi connectivity index (χ0n) is 14.9. The number of hydrogen-bond donors (Lipinski definition) is 1. The predicted molar refractivity (Wildman–Crippen MR) is 100 cm³/mol. The molecule has 128 valence electrons. The number of anilines is 2. The number of carbonyl (C=O) groups excluding carboxylic acids is 1. The number of carbonyl (C=O) groups is 1. The van der Waals surface area contributed by atoms with Gasteiger partial charge in [0.2, 0.25) is 5.91 Å². The molecule has 3 atom stereocenters. The van der Waals surface area contributed by atoms with Crippen LogP contribution < -0.4 is 10.2 Å². The Kier molecular flexibility index (Phi) is 4.76. The normalized spacial score (nSPS) is 22.0. The lowest BCUT2D eigenvalue weighted by atomic mass is 9.81. The highest BCUT2D eigenvalue weighted by molar-refractivity contribution is 5.94. The molecule has 2 aromatic carbocycles. The molecule has 4 nitrogen and oxygen atoms in total. The summed E-state index contributed by atoms with van der Waals surface area (Å²) in [5.41, 5.74) is 3.76. The van der Waals surface area contributed by atoms with Gasteiger partial charge in [-0.3, -0.25) is 4.79 Å². The lowest BCUT2D eigenvalue weighted by Crippen LogP contribution is -2.49. The zero-order valence-corrected chi connectivity index (χ0v) is 14.9. The Hall–Kier alpha value is -2.80. The third-order valence-electron chi connectivity index (χ3n) is 5.09. The number of para-hydroxylation sites is 1. The highest BCUT2D eigenvalue weighted by Gasteiger charge is 2.39. The smallest absolute Gasteiger partial charge is 0.224 e. The molecular weight excluding hydrogens is 310 g/mol. The van der Waals surface area contributed by atoms with Crippen molar-refractivity contribution in [3.63, 3.8) is 0 Å². The largest absolute Gasteiger partial charge is 0.378 e. The zero-order chi connectivity index (χ0) is 18.0. The first kappa shape index (κ1) is 17.0. The molecule has 25 heavy (non-hydrogen) atoms. The average Bonchev–Trinajstić information content (AvgIpc) is 2.63. The molecule has 0 aromatic heterocycles. The van der Waals surface area contributed by atoms with Gasteiger partial charge in [0, 0.05) is 30.3 Å². The van der Waals surface area contributed by atoms with Crippen LogP contribution >= 0.6 is 0 Å². The molecule has 0 aliphatic carbocycles. The van der Waals surface area contributed by atoms with Crippen LogP contribution in [-0.4, -0.2) is 11.9 Å². The van der Waals surface area contributed by atoms with E-state index in [2.05, 4.69) is 31.3 Å². The Morgan fingerprint density at radius 2 is 1.88 bits per heavy atom. The van der Waals surface area contributed by atoms with E-state index in [9.17, 15) is 4.79 Å². The van der Waals surface area contributed by atoms with Crippen LogP contribution in [0.1, 0.15) is 44.4 Å². The third-order valence-corrected chi connectivity index (χ3v) is 5.09. The first-order valence-electron chi connectivity index (χ1n) is 8.72. The summed E-state index contributed by atoms with van der Waals surface area (Å²) in [7, 11) is 0. The van der Waals surface area contributed by atoms with Gasteiger partial charge in [0.1, 0.15) is 0 Å². The van der Waals surface area contributed by atoms with E-state index in [1.807, 2.05) is 47.4 Å². The molecule has 0 saturated carbocycles. The fraction of sp³-hybridized carbons (Fsp3) is 0.333. The van der Waals surface area contributed by atoms with Gasteiger partial charge in [-0.2, -0.15) is 5.26 Å². The Labute approximate surface area is 149 Å². The van der Waals surface area contributed by atoms with Crippen molar-refractivity contribution in [3.05, 3.63) is 59.7 Å². The minimum Gasteiger partial charge on any atom is -0.378 e. The van der Waals surface area contributed by atoms with Gasteiger partial charge >= 0.3 is 0 Å². The summed E-state index contributed by atoms with van der Waals surface area (Å²) in [4.78, 5) is 14.2. The molecular formula is C21H23N3O. The molecule has 3 rings (SSSR count). The van der Waals surface area contributed by atoms with E-state index in [1.54, 1.807) is 6.92 Å². The minimum absolute atomic E-state index is 0.0861. The molecule has 0 spiro atoms. The summed E-state index contributed by atoms with van der Waals surface area (Å²) < 4.78 is 0. The molecule has 2 aromatic rings. The summed E-state index contributed by atoms with van der Waals surface area (Å²) in [5, 5.41) is 12.6. The number of benzene rings is 2. The van der Waals surface area contributed by atoms with Crippen molar-refractivity contribution in [1.82, 2.24) is 0 Å². The monoisotopic (exact) mass is 333 g/mol. The molecule has 1 aliphatic heterocycles. The van der Waals surface area contributed by atoms with Gasteiger partial charge in [0.05, 0.1) is 17.7 Å². The number of nitrogens with zero attached hydrogens (tertiary/aromatic N) is 2. The van der Waals surface area contributed by atoms with Gasteiger partial charge in [-0.1, -0.05) is 32.0 Å². The van der Waals surface area contributed by atoms with Gasteiger partial charge < -0.3 is 10.2 Å². The number of hydrogen-bond acceptors (Lipinski definition) is 3. The lowest BCUT2D eigenvalue weighted by molar-refractivity contribution is -0.117. The summed E-state index contributed by atoms with van der Waals surface area (Å²) in [6, 6.07) is 18.0. The van der Waals surface area contributed by atoms with Gasteiger partial charge in [0.15, 0.2) is 0 Å². The second-order valence-electron chi connectivity index (χ2n) is 6.59. The number of nitriles is 1. The maximum atomic E-state index is 12.3. The van der Waals surface area contributed by atoms with Crippen LogP contribution in [-0.2, 0) is 4.79 Å². The molecule has 0 fully saturated rings. The van der Waals surface area contributed by atoms with E-state index in [4.69, 9.17) is 5.26 Å². The minimum atomic E-state index is 0.0861. The SMILES string of the molecule is CC[C@H]1[C@H](C)[C@@H](Nc2ccc(C#N)cc2)c2ccccc2N1C(C)=O. The van der Waals surface area contributed by atoms with Crippen LogP contribution in [0, 0.1) is 17.2 Å². The quantitative estimate of drug-likeness (QED) is 0.900. The van der Waals surface area contributed by atoms with E-state index in [0.717, 1.165) is 23.4 Å². The van der Waals surface area contributed by atoms with E-state index in [1.165, 1.54) is 0 Å². The van der Waals surface area contributed by atoms with E-state index < -0.39 is 0 Å². The maximum absolute atomic E-state index is 12.3. The Morgan fingerprint density at radius 1 is 1.20 bits per heavy atom. The fourth-order valence-corrected chi connectivity index (χ4v) is 3.88. The van der Waals surface area contributed by atoms with Crippen molar-refractivity contribution in [2.24, 2.45) is 5.92 Å². The molecule has 0 unspecified atom stereocenters. The molecule has 4 heteroatoms. The van der Waals surface area contributed by atoms with Gasteiger partial charge in [0.25, 0.3) is 0 Å². The summed E-state index contributed by atoms with van der Waals surface area (Å²) in [6.45, 7) is 5.96. The Balaban J connectivity index is 2.01. The fourth-order valence-electron chi connectivity index (χ4n) is 3.88. The van der Waals surface area contributed by atoms with Crippen LogP contribution in [0.5, 0.6) is 0 Å². The number of fused-ring (bicyclic) bond motifs is 1. The summed E-state index contributed by atoms with van der Waals surface area (Å²) in [6.07, 6.45) is 0.903. The van der Waals surface area contributed by atoms with Crippen LogP contribution in [0.4, 0.5) is 11.4 Å². The molecule has 1 aliphatic rings. The Morgan fingerprint density at radius 3 is 2.48 bits per heavy atom. The summed E-state index contributed by atoms with van der Waals surface area (Å²) in [5.74, 6) is 0.349. The number of amides is 1. The first-order valence-corrected chi connectivity index (χ1v) is 8.72. The van der Waals surface area contributed by atoms with Gasteiger partial charge in [-0.25, -0.2) is 0 Å². The second kappa shape index (κ2) is 6.98. The predicted octanol–water partition coefficient (Wildman–Crippen LogP) is 4.49. The average molecular weight is 333 g/mol. The molecule has 1 amide bonds. The molecule has 0 saturated heterocycles. The summed E-state index contributed by atoms with van der Waals surface area (Å²) >= 11 is 0. The van der Waals surface area contributed by atoms with Gasteiger partial charge in [-0.05, 0) is 42.3 Å². The number of nitrogens with one attached hydrogen (secondary N) is 1. The van der Waals surface area contributed by atoms with Crippen molar-refractivity contribution >= 4 is 17.3 Å². The topological polar surface area (TPSA) is 56.1 Å². The molecule has 1 N–H and O–H groups in total. The lowest BCUT2D eigenvalue weighted by Gasteiger charge is -2.45.